The molecular weight excluding hydrogens is 338 g/mol. The fourth-order valence-electron chi connectivity index (χ4n) is 2.27. The van der Waals surface area contributed by atoms with E-state index in [1.807, 2.05) is 6.20 Å². The number of imidazole rings is 1. The molecule has 0 aromatic carbocycles. The minimum Gasteiger partial charge on any atom is -0.464 e. The molecule has 8 heteroatoms. The van der Waals surface area contributed by atoms with Crippen LogP contribution in [0.25, 0.3) is 5.65 Å². The molecule has 0 amide bonds. The van der Waals surface area contributed by atoms with Crippen molar-refractivity contribution in [1.82, 2.24) is 14.2 Å². The number of carbonyl (C=O) groups excluding carboxylic acids is 1. The number of fused-ring (bicyclic) bond motifs is 1. The molecular formula is C17H29N3O4Si. The molecule has 0 saturated carbocycles. The fourth-order valence-corrected chi connectivity index (χ4v) is 3.21. The van der Waals surface area contributed by atoms with E-state index in [-0.39, 0.29) is 5.04 Å². The lowest BCUT2D eigenvalue weighted by Gasteiger charge is -2.36. The van der Waals surface area contributed by atoms with Crippen LogP contribution in [0.2, 0.25) is 18.1 Å². The van der Waals surface area contributed by atoms with Gasteiger partial charge in [0.15, 0.2) is 14.0 Å². The topological polar surface area (TPSA) is 67.0 Å². The quantitative estimate of drug-likeness (QED) is 0.556. The second-order valence-corrected chi connectivity index (χ2v) is 12.4. The van der Waals surface area contributed by atoms with Crippen molar-refractivity contribution >= 4 is 19.9 Å². The molecule has 0 N–H and O–H groups in total. The van der Waals surface area contributed by atoms with Crippen LogP contribution in [0.4, 0.5) is 0 Å². The molecule has 0 spiro atoms. The molecule has 0 unspecified atom stereocenters. The summed E-state index contributed by atoms with van der Waals surface area (Å²) in [6, 6.07) is 1.73. The van der Waals surface area contributed by atoms with Gasteiger partial charge in [-0.2, -0.15) is 5.10 Å². The van der Waals surface area contributed by atoms with E-state index < -0.39 is 14.3 Å². The van der Waals surface area contributed by atoms with Gasteiger partial charge in [-0.25, -0.2) is 9.31 Å². The van der Waals surface area contributed by atoms with Crippen molar-refractivity contribution in [2.24, 2.45) is 0 Å². The summed E-state index contributed by atoms with van der Waals surface area (Å²) in [7, 11) is 1.17. The van der Waals surface area contributed by atoms with Crippen molar-refractivity contribution in [3.63, 3.8) is 0 Å². The Kier molecular flexibility index (Phi) is 5.75. The molecule has 0 aliphatic carbocycles. The number of methoxy groups -OCH3 is 2. The van der Waals surface area contributed by atoms with E-state index in [4.69, 9.17) is 13.9 Å². The highest BCUT2D eigenvalue weighted by Gasteiger charge is 2.37. The summed E-state index contributed by atoms with van der Waals surface area (Å²) in [6.45, 7) is 12.9. The Morgan fingerprint density at radius 1 is 1.28 bits per heavy atom. The van der Waals surface area contributed by atoms with Crippen LogP contribution in [0, 0.1) is 0 Å². The molecule has 140 valence electrons. The van der Waals surface area contributed by atoms with Gasteiger partial charge < -0.3 is 18.5 Å². The maximum atomic E-state index is 11.7. The minimum absolute atomic E-state index is 0.148. The fraction of sp³-hybridized carbons (Fsp3) is 0.647. The Labute approximate surface area is 150 Å². The lowest BCUT2D eigenvalue weighted by Crippen LogP contribution is -2.40. The van der Waals surface area contributed by atoms with Crippen LogP contribution in [0.5, 0.6) is 0 Å². The predicted molar refractivity (Wildman–Crippen MR) is 98.4 cm³/mol. The van der Waals surface area contributed by atoms with Crippen LogP contribution < -0.4 is 0 Å². The van der Waals surface area contributed by atoms with Gasteiger partial charge in [0.1, 0.15) is 5.65 Å². The zero-order chi connectivity index (χ0) is 18.8. The molecule has 0 aliphatic rings. The van der Waals surface area contributed by atoms with E-state index in [1.54, 1.807) is 17.7 Å². The van der Waals surface area contributed by atoms with Crippen LogP contribution in [0.1, 0.15) is 37.0 Å². The third-order valence-electron chi connectivity index (χ3n) is 4.91. The first-order valence-electron chi connectivity index (χ1n) is 8.39. The van der Waals surface area contributed by atoms with Crippen LogP contribution in [-0.2, 0) is 27.1 Å². The highest BCUT2D eigenvalue weighted by molar-refractivity contribution is 6.74. The summed E-state index contributed by atoms with van der Waals surface area (Å²) in [5.74, 6) is -0.443. The van der Waals surface area contributed by atoms with Crippen molar-refractivity contribution < 1.29 is 18.7 Å². The average Bonchev–Trinajstić information content (AvgIpc) is 3.07. The Morgan fingerprint density at radius 3 is 2.52 bits per heavy atom. The number of nitrogens with zero attached hydrogens (tertiary/aromatic N) is 3. The van der Waals surface area contributed by atoms with Gasteiger partial charge in [-0.1, -0.05) is 20.8 Å². The Hall–Kier alpha value is -1.64. The van der Waals surface area contributed by atoms with Gasteiger partial charge in [-0.3, -0.25) is 0 Å². The van der Waals surface area contributed by atoms with Crippen molar-refractivity contribution in [1.29, 1.82) is 0 Å². The Balaban J connectivity index is 2.32. The molecule has 0 radical (unpaired) electrons. The van der Waals surface area contributed by atoms with Crippen molar-refractivity contribution in [3.05, 3.63) is 23.7 Å². The van der Waals surface area contributed by atoms with Gasteiger partial charge >= 0.3 is 5.97 Å². The second kappa shape index (κ2) is 7.31. The first kappa shape index (κ1) is 19.7. The summed E-state index contributed by atoms with van der Waals surface area (Å²) in [6.07, 6.45) is 1.91. The van der Waals surface area contributed by atoms with Gasteiger partial charge in [-0.15, -0.1) is 0 Å². The molecule has 0 bridgehead atoms. The average molecular weight is 368 g/mol. The van der Waals surface area contributed by atoms with Crippen LogP contribution >= 0.6 is 0 Å². The van der Waals surface area contributed by atoms with E-state index in [0.717, 1.165) is 11.3 Å². The molecule has 0 fully saturated rings. The van der Waals surface area contributed by atoms with Gasteiger partial charge in [-0.05, 0) is 18.1 Å². The van der Waals surface area contributed by atoms with Gasteiger partial charge in [0.05, 0.1) is 32.2 Å². The largest absolute Gasteiger partial charge is 0.464 e. The first-order chi connectivity index (χ1) is 11.6. The summed E-state index contributed by atoms with van der Waals surface area (Å²) in [4.78, 5) is 11.7. The minimum atomic E-state index is -1.85. The number of ether oxygens (including phenoxy) is 2. The normalized spacial score (nSPS) is 12.8. The lowest BCUT2D eigenvalue weighted by molar-refractivity contribution is 0.0593. The number of aromatic nitrogens is 3. The molecule has 2 aromatic rings. The second-order valence-electron chi connectivity index (χ2n) is 7.64. The summed E-state index contributed by atoms with van der Waals surface area (Å²) in [5, 5.41) is 4.45. The zero-order valence-corrected chi connectivity index (χ0v) is 17.3. The Morgan fingerprint density at radius 2 is 1.96 bits per heavy atom. The molecule has 2 heterocycles. The maximum absolute atomic E-state index is 11.7. The Bertz CT molecular complexity index is 743. The van der Waals surface area contributed by atoms with E-state index in [2.05, 4.69) is 43.5 Å². The van der Waals surface area contributed by atoms with Crippen LogP contribution in [0.3, 0.4) is 0 Å². The third-order valence-corrected chi connectivity index (χ3v) is 9.39. The highest BCUT2D eigenvalue weighted by Crippen LogP contribution is 2.37. The van der Waals surface area contributed by atoms with Crippen molar-refractivity contribution in [2.45, 2.75) is 52.1 Å². The summed E-state index contributed by atoms with van der Waals surface area (Å²) >= 11 is 0. The van der Waals surface area contributed by atoms with E-state index in [1.165, 1.54) is 7.11 Å². The third kappa shape index (κ3) is 4.13. The monoisotopic (exact) mass is 367 g/mol. The highest BCUT2D eigenvalue weighted by atomic mass is 28.4. The number of esters is 1. The smallest absolute Gasteiger partial charge is 0.358 e. The SMILES string of the molecule is COCCn1c(CO[Si](C)(C)C(C)(C)C)cn2nc(C(=O)OC)cc12. The zero-order valence-electron chi connectivity index (χ0n) is 16.3. The number of hydrogen-bond donors (Lipinski definition) is 0. The first-order valence-corrected chi connectivity index (χ1v) is 11.3. The molecule has 0 aliphatic heterocycles. The van der Waals surface area contributed by atoms with Crippen LogP contribution in [0.15, 0.2) is 12.3 Å². The van der Waals surface area contributed by atoms with Gasteiger partial charge in [0, 0.05) is 19.7 Å². The molecule has 0 saturated heterocycles. The molecule has 2 aromatic heterocycles. The maximum Gasteiger partial charge on any atom is 0.358 e. The molecule has 7 nitrogen and oxygen atoms in total. The standard InChI is InChI=1S/C17H29N3O4Si/c1-17(2,3)25(6,7)24-12-13-11-20-15(19(13)8-9-22-4)10-14(18-20)16(21)23-5/h10-11H,8-9,12H2,1-7H3. The van der Waals surface area contributed by atoms with Crippen molar-refractivity contribution in [3.8, 4) is 0 Å². The van der Waals surface area contributed by atoms with E-state index >= 15 is 0 Å². The van der Waals surface area contributed by atoms with E-state index in [0.29, 0.717) is 25.5 Å². The molecule has 0 atom stereocenters. The summed E-state index contributed by atoms with van der Waals surface area (Å²) in [5.41, 5.74) is 2.13. The number of hydrogen-bond acceptors (Lipinski definition) is 5. The number of carbonyl (C=O) groups is 1. The van der Waals surface area contributed by atoms with Crippen molar-refractivity contribution in [2.75, 3.05) is 20.8 Å². The van der Waals surface area contributed by atoms with Crippen LogP contribution in [-0.4, -0.2) is 49.3 Å². The molecule has 2 rings (SSSR count). The van der Waals surface area contributed by atoms with Gasteiger partial charge in [0.2, 0.25) is 0 Å². The van der Waals surface area contributed by atoms with Gasteiger partial charge in [0.25, 0.3) is 0 Å². The molecule has 25 heavy (non-hydrogen) atoms. The summed E-state index contributed by atoms with van der Waals surface area (Å²) < 4.78 is 20.1. The number of rotatable bonds is 7. The predicted octanol–water partition coefficient (Wildman–Crippen LogP) is 3.09. The van der Waals surface area contributed by atoms with E-state index in [9.17, 15) is 4.79 Å². The lowest BCUT2D eigenvalue weighted by atomic mass is 10.2.